The largest absolute Gasteiger partial charge is 0.433 e. The summed E-state index contributed by atoms with van der Waals surface area (Å²) in [5.41, 5.74) is -2.08. The predicted molar refractivity (Wildman–Crippen MR) is 74.0 cm³/mol. The van der Waals surface area contributed by atoms with Crippen LogP contribution in [0.25, 0.3) is 0 Å². The van der Waals surface area contributed by atoms with Gasteiger partial charge in [0.2, 0.25) is 5.91 Å². The predicted octanol–water partition coefficient (Wildman–Crippen LogP) is 2.27. The molecule has 4 nitrogen and oxygen atoms in total. The number of hydrogen-bond acceptors (Lipinski definition) is 3. The zero-order valence-corrected chi connectivity index (χ0v) is 12.4. The minimum Gasteiger partial charge on any atom is -0.396 e. The van der Waals surface area contributed by atoms with Crippen molar-refractivity contribution in [1.29, 1.82) is 0 Å². The van der Waals surface area contributed by atoms with Crippen molar-refractivity contribution in [3.63, 3.8) is 0 Å². The molecule has 7 heteroatoms. The van der Waals surface area contributed by atoms with Crippen molar-refractivity contribution in [2.45, 2.75) is 44.3 Å². The second-order valence-corrected chi connectivity index (χ2v) is 6.22. The highest BCUT2D eigenvalue weighted by atomic mass is 19.4. The summed E-state index contributed by atoms with van der Waals surface area (Å²) >= 11 is 0. The van der Waals surface area contributed by atoms with Crippen LogP contribution in [-0.4, -0.2) is 28.6 Å². The first-order valence-electron chi connectivity index (χ1n) is 7.11. The van der Waals surface area contributed by atoms with Gasteiger partial charge in [-0.05, 0) is 44.7 Å². The number of amides is 1. The molecule has 0 radical (unpaired) electrons. The highest BCUT2D eigenvalue weighted by Crippen LogP contribution is 2.31. The van der Waals surface area contributed by atoms with Gasteiger partial charge in [0.25, 0.3) is 0 Å². The van der Waals surface area contributed by atoms with E-state index in [-0.39, 0.29) is 30.2 Å². The lowest BCUT2D eigenvalue weighted by Gasteiger charge is -2.36. The van der Waals surface area contributed by atoms with Crippen molar-refractivity contribution < 1.29 is 23.1 Å². The zero-order chi connectivity index (χ0) is 16.5. The summed E-state index contributed by atoms with van der Waals surface area (Å²) in [5.74, 6) is -0.166. The molecule has 1 heterocycles. The minimum atomic E-state index is -4.54. The van der Waals surface area contributed by atoms with Gasteiger partial charge in [-0.3, -0.25) is 4.79 Å². The van der Waals surface area contributed by atoms with Gasteiger partial charge in [-0.1, -0.05) is 6.07 Å². The van der Waals surface area contributed by atoms with Crippen LogP contribution in [0.1, 0.15) is 38.1 Å². The molecule has 1 saturated carbocycles. The molecule has 1 aliphatic rings. The molecular formula is C15H19F3N2O2. The lowest BCUT2D eigenvalue weighted by molar-refractivity contribution is -0.141. The summed E-state index contributed by atoms with van der Waals surface area (Å²) in [7, 11) is 0. The molecule has 0 bridgehead atoms. The van der Waals surface area contributed by atoms with Crippen molar-refractivity contribution >= 4 is 5.91 Å². The maximum Gasteiger partial charge on any atom is 0.433 e. The molecule has 2 N–H and O–H groups in total. The van der Waals surface area contributed by atoms with E-state index in [0.717, 1.165) is 6.07 Å². The number of nitrogens with one attached hydrogen (secondary N) is 1. The Labute approximate surface area is 126 Å². The van der Waals surface area contributed by atoms with Crippen LogP contribution in [0.5, 0.6) is 0 Å². The van der Waals surface area contributed by atoms with Crippen LogP contribution < -0.4 is 5.32 Å². The maximum absolute atomic E-state index is 12.7. The molecule has 1 amide bonds. The number of pyridine rings is 1. The molecule has 122 valence electrons. The molecule has 2 rings (SSSR count). The quantitative estimate of drug-likeness (QED) is 0.896. The number of aliphatic hydroxyl groups excluding tert-OH is 1. The SMILES string of the molecule is CC(C)(C(=O)NC1CC(CO)C1)c1cccc(C(F)(F)F)n1. The fourth-order valence-electron chi connectivity index (χ4n) is 2.43. The van der Waals surface area contributed by atoms with Crippen LogP contribution in [-0.2, 0) is 16.4 Å². The Balaban J connectivity index is 2.11. The Hall–Kier alpha value is -1.63. The number of carbonyl (C=O) groups excluding carboxylic acids is 1. The van der Waals surface area contributed by atoms with Crippen LogP contribution in [0.4, 0.5) is 13.2 Å². The van der Waals surface area contributed by atoms with Gasteiger partial charge in [0, 0.05) is 12.6 Å². The van der Waals surface area contributed by atoms with Gasteiger partial charge in [0.1, 0.15) is 5.69 Å². The lowest BCUT2D eigenvalue weighted by atomic mass is 9.79. The van der Waals surface area contributed by atoms with E-state index in [1.165, 1.54) is 12.1 Å². The van der Waals surface area contributed by atoms with Crippen LogP contribution >= 0.6 is 0 Å². The number of carbonyl (C=O) groups is 1. The minimum absolute atomic E-state index is 0.0327. The molecule has 0 aromatic carbocycles. The Morgan fingerprint density at radius 1 is 1.32 bits per heavy atom. The third kappa shape index (κ3) is 3.40. The summed E-state index contributed by atoms with van der Waals surface area (Å²) in [6, 6.07) is 3.53. The van der Waals surface area contributed by atoms with Gasteiger partial charge in [0.05, 0.1) is 11.1 Å². The van der Waals surface area contributed by atoms with E-state index >= 15 is 0 Å². The second-order valence-electron chi connectivity index (χ2n) is 6.22. The third-order valence-electron chi connectivity index (χ3n) is 4.08. The number of aromatic nitrogens is 1. The standard InChI is InChI=1S/C15H19F3N2O2/c1-14(2,13(22)19-10-6-9(7-10)8-21)11-4-3-5-12(20-11)15(16,17)18/h3-5,9-10,21H,6-8H2,1-2H3,(H,19,22). The van der Waals surface area contributed by atoms with Gasteiger partial charge in [-0.25, -0.2) is 4.98 Å². The van der Waals surface area contributed by atoms with Gasteiger partial charge in [-0.15, -0.1) is 0 Å². The highest BCUT2D eigenvalue weighted by molar-refractivity contribution is 5.87. The lowest BCUT2D eigenvalue weighted by Crippen LogP contribution is -2.51. The monoisotopic (exact) mass is 316 g/mol. The Morgan fingerprint density at radius 2 is 1.91 bits per heavy atom. The van der Waals surface area contributed by atoms with Gasteiger partial charge < -0.3 is 10.4 Å². The van der Waals surface area contributed by atoms with E-state index in [9.17, 15) is 18.0 Å². The van der Waals surface area contributed by atoms with E-state index < -0.39 is 17.3 Å². The molecule has 1 aromatic rings. The summed E-state index contributed by atoms with van der Waals surface area (Å²) in [6.45, 7) is 3.19. The number of halogens is 3. The van der Waals surface area contributed by atoms with Gasteiger partial charge in [0.15, 0.2) is 0 Å². The molecule has 0 atom stereocenters. The molecule has 0 saturated heterocycles. The zero-order valence-electron chi connectivity index (χ0n) is 12.4. The molecule has 1 aliphatic carbocycles. The Bertz CT molecular complexity index is 552. The summed E-state index contributed by atoms with van der Waals surface area (Å²) in [5, 5.41) is 11.8. The normalized spacial score (nSPS) is 22.1. The van der Waals surface area contributed by atoms with Crippen molar-refractivity contribution in [1.82, 2.24) is 10.3 Å². The van der Waals surface area contributed by atoms with Crippen LogP contribution in [0.2, 0.25) is 0 Å². The second kappa shape index (κ2) is 5.87. The topological polar surface area (TPSA) is 62.2 Å². The summed E-state index contributed by atoms with van der Waals surface area (Å²) in [4.78, 5) is 15.9. The van der Waals surface area contributed by atoms with Crippen molar-refractivity contribution in [3.8, 4) is 0 Å². The van der Waals surface area contributed by atoms with Crippen molar-refractivity contribution in [2.75, 3.05) is 6.61 Å². The third-order valence-corrected chi connectivity index (χ3v) is 4.08. The molecule has 22 heavy (non-hydrogen) atoms. The van der Waals surface area contributed by atoms with Crippen LogP contribution in [0.3, 0.4) is 0 Å². The van der Waals surface area contributed by atoms with Gasteiger partial charge in [-0.2, -0.15) is 13.2 Å². The molecule has 0 unspecified atom stereocenters. The molecular weight excluding hydrogens is 297 g/mol. The fraction of sp³-hybridized carbons (Fsp3) is 0.600. The first kappa shape index (κ1) is 16.7. The number of rotatable bonds is 4. The Kier molecular flexibility index (Phi) is 4.47. The van der Waals surface area contributed by atoms with Crippen molar-refractivity contribution in [2.24, 2.45) is 5.92 Å². The van der Waals surface area contributed by atoms with E-state index in [0.29, 0.717) is 12.8 Å². The van der Waals surface area contributed by atoms with E-state index in [1.54, 1.807) is 13.8 Å². The molecule has 1 aromatic heterocycles. The summed E-state index contributed by atoms with van der Waals surface area (Å²) < 4.78 is 38.2. The van der Waals surface area contributed by atoms with E-state index in [1.807, 2.05) is 0 Å². The number of nitrogens with zero attached hydrogens (tertiary/aromatic N) is 1. The average Bonchev–Trinajstić information content (AvgIpc) is 2.41. The smallest absolute Gasteiger partial charge is 0.396 e. The van der Waals surface area contributed by atoms with Gasteiger partial charge >= 0.3 is 6.18 Å². The Morgan fingerprint density at radius 3 is 2.45 bits per heavy atom. The fourth-order valence-corrected chi connectivity index (χ4v) is 2.43. The van der Waals surface area contributed by atoms with E-state index in [4.69, 9.17) is 5.11 Å². The molecule has 1 fully saturated rings. The first-order valence-corrected chi connectivity index (χ1v) is 7.11. The number of hydrogen-bond donors (Lipinski definition) is 2. The summed E-state index contributed by atoms with van der Waals surface area (Å²) in [6.07, 6.45) is -3.16. The average molecular weight is 316 g/mol. The molecule has 0 spiro atoms. The van der Waals surface area contributed by atoms with Crippen LogP contribution in [0, 0.1) is 5.92 Å². The van der Waals surface area contributed by atoms with Crippen molar-refractivity contribution in [3.05, 3.63) is 29.6 Å². The molecule has 0 aliphatic heterocycles. The highest BCUT2D eigenvalue weighted by Gasteiger charge is 2.38. The van der Waals surface area contributed by atoms with Crippen LogP contribution in [0.15, 0.2) is 18.2 Å². The number of alkyl halides is 3. The number of aliphatic hydroxyl groups is 1. The maximum atomic E-state index is 12.7. The first-order chi connectivity index (χ1) is 10.1. The van der Waals surface area contributed by atoms with E-state index in [2.05, 4.69) is 10.3 Å².